The van der Waals surface area contributed by atoms with Gasteiger partial charge in [0.2, 0.25) is 0 Å². The minimum absolute atomic E-state index is 0.00710. The summed E-state index contributed by atoms with van der Waals surface area (Å²) in [5.41, 5.74) is 0.249. The summed E-state index contributed by atoms with van der Waals surface area (Å²) in [6.45, 7) is 7.73. The Balaban J connectivity index is 1.16. The van der Waals surface area contributed by atoms with Crippen LogP contribution < -0.4 is 5.32 Å². The van der Waals surface area contributed by atoms with Gasteiger partial charge in [-0.1, -0.05) is 19.3 Å². The lowest BCUT2D eigenvalue weighted by Crippen LogP contribution is -2.74. The van der Waals surface area contributed by atoms with E-state index in [-0.39, 0.29) is 41.9 Å². The van der Waals surface area contributed by atoms with E-state index >= 15 is 4.39 Å². The Bertz CT molecular complexity index is 1010. The van der Waals surface area contributed by atoms with E-state index in [4.69, 9.17) is 9.47 Å². The van der Waals surface area contributed by atoms with E-state index in [0.29, 0.717) is 44.7 Å². The summed E-state index contributed by atoms with van der Waals surface area (Å²) in [4.78, 5) is 36.6. The van der Waals surface area contributed by atoms with Gasteiger partial charge in [0.05, 0.1) is 49.1 Å². The Morgan fingerprint density at radius 2 is 1.80 bits per heavy atom. The first-order valence-electron chi connectivity index (χ1n) is 16.3. The van der Waals surface area contributed by atoms with Crippen molar-refractivity contribution in [2.75, 3.05) is 72.6 Å². The van der Waals surface area contributed by atoms with Crippen LogP contribution in [0, 0.1) is 17.8 Å². The SMILES string of the molecule is CN1CCN(CCNC2C(F)CC3C(=O)C(C(=O)N4CCOCC4)=CN4C5C(CCC6CCCCC65)OC2C34)CC1. The second-order valence-corrected chi connectivity index (χ2v) is 13.6. The van der Waals surface area contributed by atoms with Crippen LogP contribution in [0.5, 0.6) is 0 Å². The van der Waals surface area contributed by atoms with Gasteiger partial charge in [-0.2, -0.15) is 0 Å². The van der Waals surface area contributed by atoms with Gasteiger partial charge in [-0.15, -0.1) is 0 Å². The molecular formula is C31H48FN5O4. The molecule has 9 atom stereocenters. The number of nitrogens with zero attached hydrogens (tertiary/aromatic N) is 4. The molecule has 41 heavy (non-hydrogen) atoms. The highest BCUT2D eigenvalue weighted by Gasteiger charge is 2.60. The van der Waals surface area contributed by atoms with Gasteiger partial charge in [-0.3, -0.25) is 14.5 Å². The molecule has 228 valence electrons. The highest BCUT2D eigenvalue weighted by Crippen LogP contribution is 2.51. The molecule has 7 rings (SSSR count). The van der Waals surface area contributed by atoms with Crippen molar-refractivity contribution in [1.29, 1.82) is 0 Å². The number of nitrogens with one attached hydrogen (secondary N) is 1. The summed E-state index contributed by atoms with van der Waals surface area (Å²) in [5.74, 6) is 0.211. The molecule has 3 saturated carbocycles. The fraction of sp³-hybridized carbons (Fsp3) is 0.871. The lowest BCUT2D eigenvalue weighted by atomic mass is 9.63. The number of Topliss-reactive ketones (excluding diaryl/α,β-unsaturated/α-hetero) is 1. The van der Waals surface area contributed by atoms with Gasteiger partial charge in [-0.25, -0.2) is 4.39 Å². The molecule has 10 heteroatoms. The molecule has 0 aromatic heterocycles. The van der Waals surface area contributed by atoms with Crippen LogP contribution in [-0.2, 0) is 19.1 Å². The molecule has 1 amide bonds. The Morgan fingerprint density at radius 3 is 2.61 bits per heavy atom. The number of halogens is 1. The van der Waals surface area contributed by atoms with E-state index in [0.717, 1.165) is 45.6 Å². The number of rotatable bonds is 5. The third-order valence-electron chi connectivity index (χ3n) is 11.4. The lowest BCUT2D eigenvalue weighted by Gasteiger charge is -2.62. The second kappa shape index (κ2) is 11.8. The summed E-state index contributed by atoms with van der Waals surface area (Å²) in [6, 6.07) is -0.520. The highest BCUT2D eigenvalue weighted by atomic mass is 19.1. The number of likely N-dealkylation sites (N-methyl/N-ethyl adjacent to an activating group) is 1. The number of carbonyl (C=O) groups is 2. The Hall–Kier alpha value is -1.59. The first-order chi connectivity index (χ1) is 20.0. The normalized spacial score (nSPS) is 41.8. The van der Waals surface area contributed by atoms with Crippen molar-refractivity contribution in [2.45, 2.75) is 81.5 Å². The Kier molecular flexibility index (Phi) is 8.14. The first-order valence-corrected chi connectivity index (χ1v) is 16.3. The van der Waals surface area contributed by atoms with Crippen LogP contribution in [0.2, 0.25) is 0 Å². The van der Waals surface area contributed by atoms with Crippen molar-refractivity contribution in [3.8, 4) is 0 Å². The fourth-order valence-electron chi connectivity index (χ4n) is 9.20. The van der Waals surface area contributed by atoms with Gasteiger partial charge < -0.3 is 29.5 Å². The summed E-state index contributed by atoms with van der Waals surface area (Å²) < 4.78 is 28.5. The second-order valence-electron chi connectivity index (χ2n) is 13.6. The van der Waals surface area contributed by atoms with Crippen molar-refractivity contribution in [2.24, 2.45) is 17.8 Å². The molecular weight excluding hydrogens is 525 g/mol. The number of ketones is 1. The van der Waals surface area contributed by atoms with Gasteiger partial charge in [0.1, 0.15) is 6.17 Å². The van der Waals surface area contributed by atoms with Crippen LogP contribution in [0.4, 0.5) is 4.39 Å². The zero-order valence-corrected chi connectivity index (χ0v) is 24.6. The smallest absolute Gasteiger partial charge is 0.259 e. The highest BCUT2D eigenvalue weighted by molar-refractivity contribution is 6.20. The van der Waals surface area contributed by atoms with Crippen LogP contribution >= 0.6 is 0 Å². The standard InChI is InChI=1S/C31H48FN5O4/c1-34-10-12-35(13-11-34)9-8-33-26-24(32)18-22-28-30(26)41-25-7-6-20-4-2-3-5-21(20)27(25)37(28)19-23(29(22)38)31(39)36-14-16-40-17-15-36/h19-22,24-28,30,33H,2-18H2,1H3. The molecule has 7 aliphatic rings. The van der Waals surface area contributed by atoms with Gasteiger partial charge in [-0.05, 0) is 44.6 Å². The number of ether oxygens (including phenoxy) is 2. The zero-order valence-electron chi connectivity index (χ0n) is 24.6. The predicted molar refractivity (Wildman–Crippen MR) is 152 cm³/mol. The van der Waals surface area contributed by atoms with Crippen LogP contribution in [0.25, 0.3) is 0 Å². The van der Waals surface area contributed by atoms with E-state index in [1.165, 1.54) is 25.7 Å². The van der Waals surface area contributed by atoms with Crippen molar-refractivity contribution in [3.63, 3.8) is 0 Å². The molecule has 6 fully saturated rings. The summed E-state index contributed by atoms with van der Waals surface area (Å²) in [7, 11) is 2.15. The van der Waals surface area contributed by atoms with E-state index in [1.807, 2.05) is 6.20 Å². The third kappa shape index (κ3) is 5.26. The van der Waals surface area contributed by atoms with E-state index in [2.05, 4.69) is 27.1 Å². The lowest BCUT2D eigenvalue weighted by molar-refractivity contribution is -0.215. The van der Waals surface area contributed by atoms with Gasteiger partial charge in [0.15, 0.2) is 5.78 Å². The quantitative estimate of drug-likeness (QED) is 0.494. The maximum atomic E-state index is 16.1. The molecule has 0 aromatic carbocycles. The molecule has 0 radical (unpaired) electrons. The molecule has 0 aromatic rings. The number of alkyl halides is 1. The number of fused-ring (bicyclic) bond motifs is 4. The molecule has 9 nitrogen and oxygen atoms in total. The molecule has 1 N–H and O–H groups in total. The van der Waals surface area contributed by atoms with Gasteiger partial charge >= 0.3 is 0 Å². The largest absolute Gasteiger partial charge is 0.378 e. The van der Waals surface area contributed by atoms with E-state index in [9.17, 15) is 9.59 Å². The van der Waals surface area contributed by atoms with Crippen molar-refractivity contribution in [1.82, 2.24) is 24.9 Å². The summed E-state index contributed by atoms with van der Waals surface area (Å²) in [5, 5.41) is 3.57. The van der Waals surface area contributed by atoms with Crippen molar-refractivity contribution >= 4 is 11.7 Å². The van der Waals surface area contributed by atoms with Crippen molar-refractivity contribution < 1.29 is 23.5 Å². The fourth-order valence-corrected chi connectivity index (χ4v) is 9.20. The van der Waals surface area contributed by atoms with Gasteiger partial charge in [0, 0.05) is 64.5 Å². The predicted octanol–water partition coefficient (Wildman–Crippen LogP) is 1.28. The number of hydrogen-bond donors (Lipinski definition) is 1. The van der Waals surface area contributed by atoms with E-state index in [1.54, 1.807) is 4.90 Å². The summed E-state index contributed by atoms with van der Waals surface area (Å²) in [6.07, 6.45) is 7.51. The molecule has 4 heterocycles. The molecule has 9 unspecified atom stereocenters. The maximum absolute atomic E-state index is 16.1. The summed E-state index contributed by atoms with van der Waals surface area (Å²) >= 11 is 0. The van der Waals surface area contributed by atoms with Gasteiger partial charge in [0.25, 0.3) is 5.91 Å². The molecule has 3 aliphatic carbocycles. The van der Waals surface area contributed by atoms with Crippen molar-refractivity contribution in [3.05, 3.63) is 11.8 Å². The number of carbonyl (C=O) groups excluding carboxylic acids is 2. The van der Waals surface area contributed by atoms with Crippen LogP contribution in [0.15, 0.2) is 11.8 Å². The average Bonchev–Trinajstić information content (AvgIpc) is 3.00. The molecule has 0 spiro atoms. The molecule has 4 aliphatic heterocycles. The van der Waals surface area contributed by atoms with Crippen LogP contribution in [0.1, 0.15) is 44.9 Å². The molecule has 3 saturated heterocycles. The van der Waals surface area contributed by atoms with Crippen LogP contribution in [0.3, 0.4) is 0 Å². The Morgan fingerprint density at radius 1 is 1.02 bits per heavy atom. The maximum Gasteiger partial charge on any atom is 0.259 e. The number of amides is 1. The number of piperazine rings is 1. The topological polar surface area (TPSA) is 77.6 Å². The average molecular weight is 574 g/mol. The number of hydrogen-bond acceptors (Lipinski definition) is 8. The minimum atomic E-state index is -1.19. The monoisotopic (exact) mass is 573 g/mol. The first kappa shape index (κ1) is 28.2. The molecule has 0 bridgehead atoms. The van der Waals surface area contributed by atoms with Crippen LogP contribution in [-0.4, -0.2) is 140 Å². The Labute approximate surface area is 243 Å². The van der Waals surface area contributed by atoms with E-state index < -0.39 is 24.2 Å². The number of morpholine rings is 2. The zero-order chi connectivity index (χ0) is 28.1. The minimum Gasteiger partial charge on any atom is -0.378 e. The third-order valence-corrected chi connectivity index (χ3v) is 11.4.